The zero-order chi connectivity index (χ0) is 13.2. The SMILES string of the molecule is OC1CCN(c2ncc(-c3ccc(Br)cc3)cn2)C1. The normalized spacial score (nSPS) is 18.8. The quantitative estimate of drug-likeness (QED) is 0.923. The van der Waals surface area contributed by atoms with Crippen molar-refractivity contribution in [3.05, 3.63) is 41.1 Å². The molecule has 3 rings (SSSR count). The molecule has 1 aliphatic heterocycles. The van der Waals surface area contributed by atoms with E-state index in [9.17, 15) is 5.11 Å². The second-order valence-corrected chi connectivity index (χ2v) is 5.58. The maximum atomic E-state index is 9.52. The van der Waals surface area contributed by atoms with Crippen molar-refractivity contribution < 1.29 is 5.11 Å². The molecule has 19 heavy (non-hydrogen) atoms. The molecule has 1 aromatic carbocycles. The van der Waals surface area contributed by atoms with Crippen LogP contribution in [0.15, 0.2) is 41.1 Å². The first-order valence-electron chi connectivity index (χ1n) is 6.23. The summed E-state index contributed by atoms with van der Waals surface area (Å²) in [5.41, 5.74) is 2.09. The number of aromatic nitrogens is 2. The number of halogens is 1. The van der Waals surface area contributed by atoms with Crippen molar-refractivity contribution in [3.8, 4) is 11.1 Å². The van der Waals surface area contributed by atoms with Crippen LogP contribution in [0.2, 0.25) is 0 Å². The number of nitrogens with zero attached hydrogens (tertiary/aromatic N) is 3. The van der Waals surface area contributed by atoms with Crippen molar-refractivity contribution in [2.45, 2.75) is 12.5 Å². The van der Waals surface area contributed by atoms with Crippen molar-refractivity contribution in [2.24, 2.45) is 0 Å². The monoisotopic (exact) mass is 319 g/mol. The number of β-amino-alcohol motifs (C(OH)–C–C–N with tert-alkyl or cyclic N) is 1. The molecule has 98 valence electrons. The van der Waals surface area contributed by atoms with Gasteiger partial charge in [0, 0.05) is 35.5 Å². The van der Waals surface area contributed by atoms with Crippen LogP contribution in [0.1, 0.15) is 6.42 Å². The van der Waals surface area contributed by atoms with Crippen molar-refractivity contribution in [2.75, 3.05) is 18.0 Å². The van der Waals surface area contributed by atoms with Crippen LogP contribution in [0.3, 0.4) is 0 Å². The van der Waals surface area contributed by atoms with Gasteiger partial charge < -0.3 is 10.0 Å². The van der Waals surface area contributed by atoms with Crippen LogP contribution in [0.5, 0.6) is 0 Å². The van der Waals surface area contributed by atoms with E-state index < -0.39 is 0 Å². The Morgan fingerprint density at radius 2 is 1.79 bits per heavy atom. The van der Waals surface area contributed by atoms with E-state index in [1.807, 2.05) is 41.6 Å². The van der Waals surface area contributed by atoms with Gasteiger partial charge in [0.25, 0.3) is 0 Å². The first-order valence-corrected chi connectivity index (χ1v) is 7.03. The van der Waals surface area contributed by atoms with Gasteiger partial charge in [-0.2, -0.15) is 0 Å². The highest BCUT2D eigenvalue weighted by atomic mass is 79.9. The Morgan fingerprint density at radius 1 is 1.11 bits per heavy atom. The zero-order valence-corrected chi connectivity index (χ0v) is 11.9. The van der Waals surface area contributed by atoms with Crippen LogP contribution in [0.4, 0.5) is 5.95 Å². The van der Waals surface area contributed by atoms with Gasteiger partial charge in [0.1, 0.15) is 0 Å². The lowest BCUT2D eigenvalue weighted by Gasteiger charge is -2.15. The second-order valence-electron chi connectivity index (χ2n) is 4.67. The summed E-state index contributed by atoms with van der Waals surface area (Å²) >= 11 is 3.42. The van der Waals surface area contributed by atoms with E-state index >= 15 is 0 Å². The number of rotatable bonds is 2. The Hall–Kier alpha value is -1.46. The van der Waals surface area contributed by atoms with Crippen molar-refractivity contribution in [1.82, 2.24) is 9.97 Å². The van der Waals surface area contributed by atoms with E-state index in [0.717, 1.165) is 28.6 Å². The van der Waals surface area contributed by atoms with Gasteiger partial charge in [0.2, 0.25) is 5.95 Å². The largest absolute Gasteiger partial charge is 0.391 e. The maximum Gasteiger partial charge on any atom is 0.225 e. The molecule has 4 nitrogen and oxygen atoms in total. The number of anilines is 1. The summed E-state index contributed by atoms with van der Waals surface area (Å²) in [6, 6.07) is 8.06. The third-order valence-electron chi connectivity index (χ3n) is 3.26. The average molecular weight is 320 g/mol. The second kappa shape index (κ2) is 5.27. The summed E-state index contributed by atoms with van der Waals surface area (Å²) in [6.07, 6.45) is 4.19. The van der Waals surface area contributed by atoms with Gasteiger partial charge in [0.05, 0.1) is 6.10 Å². The van der Waals surface area contributed by atoms with Gasteiger partial charge in [-0.1, -0.05) is 28.1 Å². The van der Waals surface area contributed by atoms with Crippen LogP contribution >= 0.6 is 15.9 Å². The van der Waals surface area contributed by atoms with Crippen LogP contribution < -0.4 is 4.90 Å². The molecule has 1 N–H and O–H groups in total. The van der Waals surface area contributed by atoms with E-state index in [4.69, 9.17) is 0 Å². The summed E-state index contributed by atoms with van der Waals surface area (Å²) in [4.78, 5) is 10.8. The number of hydrogen-bond acceptors (Lipinski definition) is 4. The van der Waals surface area contributed by atoms with E-state index in [-0.39, 0.29) is 6.10 Å². The number of aliphatic hydroxyl groups excluding tert-OH is 1. The molecular formula is C14H14BrN3O. The van der Waals surface area contributed by atoms with Gasteiger partial charge in [-0.3, -0.25) is 0 Å². The topological polar surface area (TPSA) is 49.2 Å². The highest BCUT2D eigenvalue weighted by molar-refractivity contribution is 9.10. The molecule has 1 aromatic heterocycles. The third kappa shape index (κ3) is 2.77. The van der Waals surface area contributed by atoms with Crippen LogP contribution in [-0.4, -0.2) is 34.3 Å². The van der Waals surface area contributed by atoms with E-state index in [0.29, 0.717) is 12.5 Å². The van der Waals surface area contributed by atoms with Crippen molar-refractivity contribution in [3.63, 3.8) is 0 Å². The molecule has 0 saturated carbocycles. The van der Waals surface area contributed by atoms with Crippen LogP contribution in [0.25, 0.3) is 11.1 Å². The first kappa shape index (κ1) is 12.6. The van der Waals surface area contributed by atoms with Crippen LogP contribution in [0, 0.1) is 0 Å². The summed E-state index contributed by atoms with van der Waals surface area (Å²) in [7, 11) is 0. The molecule has 1 fully saturated rings. The molecule has 0 spiro atoms. The van der Waals surface area contributed by atoms with Crippen molar-refractivity contribution >= 4 is 21.9 Å². The lowest BCUT2D eigenvalue weighted by molar-refractivity contribution is 0.198. The molecule has 2 aromatic rings. The third-order valence-corrected chi connectivity index (χ3v) is 3.79. The number of aliphatic hydroxyl groups is 1. The summed E-state index contributed by atoms with van der Waals surface area (Å²) in [5.74, 6) is 0.692. The predicted molar refractivity (Wildman–Crippen MR) is 78.0 cm³/mol. The van der Waals surface area contributed by atoms with Crippen LogP contribution in [-0.2, 0) is 0 Å². The summed E-state index contributed by atoms with van der Waals surface area (Å²) in [5, 5.41) is 9.52. The van der Waals surface area contributed by atoms with Crippen molar-refractivity contribution in [1.29, 1.82) is 0 Å². The summed E-state index contributed by atoms with van der Waals surface area (Å²) < 4.78 is 1.06. The molecule has 0 aliphatic carbocycles. The Bertz CT molecular complexity index is 556. The molecule has 1 atom stereocenters. The standard InChI is InChI=1S/C14H14BrN3O/c15-12-3-1-10(2-4-12)11-7-16-14(17-8-11)18-6-5-13(19)9-18/h1-4,7-8,13,19H,5-6,9H2. The first-order chi connectivity index (χ1) is 9.22. The molecular weight excluding hydrogens is 306 g/mol. The highest BCUT2D eigenvalue weighted by Crippen LogP contribution is 2.22. The molecule has 1 unspecified atom stereocenters. The van der Waals surface area contributed by atoms with Gasteiger partial charge in [-0.25, -0.2) is 9.97 Å². The Kier molecular flexibility index (Phi) is 3.48. The minimum Gasteiger partial charge on any atom is -0.391 e. The minimum atomic E-state index is -0.255. The molecule has 1 aliphatic rings. The number of hydrogen-bond donors (Lipinski definition) is 1. The molecule has 0 bridgehead atoms. The maximum absolute atomic E-state index is 9.52. The summed E-state index contributed by atoms with van der Waals surface area (Å²) in [6.45, 7) is 1.44. The van der Waals surface area contributed by atoms with Gasteiger partial charge in [-0.05, 0) is 24.1 Å². The van der Waals surface area contributed by atoms with Gasteiger partial charge in [0.15, 0.2) is 0 Å². The van der Waals surface area contributed by atoms with E-state index in [1.54, 1.807) is 0 Å². The molecule has 5 heteroatoms. The average Bonchev–Trinajstić information content (AvgIpc) is 2.87. The van der Waals surface area contributed by atoms with E-state index in [1.165, 1.54) is 0 Å². The predicted octanol–water partition coefficient (Wildman–Crippen LogP) is 2.48. The Morgan fingerprint density at radius 3 is 2.37 bits per heavy atom. The lowest BCUT2D eigenvalue weighted by Crippen LogP contribution is -2.23. The highest BCUT2D eigenvalue weighted by Gasteiger charge is 2.22. The lowest BCUT2D eigenvalue weighted by atomic mass is 10.1. The Balaban J connectivity index is 1.80. The van der Waals surface area contributed by atoms with Gasteiger partial charge in [-0.15, -0.1) is 0 Å². The smallest absolute Gasteiger partial charge is 0.225 e. The number of benzene rings is 1. The Labute approximate surface area is 120 Å². The zero-order valence-electron chi connectivity index (χ0n) is 10.3. The fourth-order valence-electron chi connectivity index (χ4n) is 2.20. The molecule has 1 saturated heterocycles. The fourth-order valence-corrected chi connectivity index (χ4v) is 2.46. The fraction of sp³-hybridized carbons (Fsp3) is 0.286. The molecule has 2 heterocycles. The van der Waals surface area contributed by atoms with Gasteiger partial charge >= 0.3 is 0 Å². The minimum absolute atomic E-state index is 0.255. The van der Waals surface area contributed by atoms with E-state index in [2.05, 4.69) is 25.9 Å². The molecule has 0 radical (unpaired) electrons. The molecule has 0 amide bonds.